The topological polar surface area (TPSA) is 88.1 Å². The van der Waals surface area contributed by atoms with Crippen LogP contribution in [0.4, 0.5) is 5.69 Å². The molecule has 0 spiro atoms. The van der Waals surface area contributed by atoms with Crippen LogP contribution in [0.1, 0.15) is 12.5 Å². The number of sulfonamides is 1. The van der Waals surface area contributed by atoms with Crippen LogP contribution < -0.4 is 14.5 Å². The fraction of sp³-hybridized carbons (Fsp3) is 0.130. The van der Waals surface area contributed by atoms with Gasteiger partial charge < -0.3 is 4.74 Å². The molecule has 0 atom stereocenters. The molecule has 0 aliphatic heterocycles. The van der Waals surface area contributed by atoms with Gasteiger partial charge in [-0.25, -0.2) is 13.8 Å². The molecule has 3 aromatic carbocycles. The molecule has 0 aliphatic carbocycles. The molecule has 0 heterocycles. The fourth-order valence-electron chi connectivity index (χ4n) is 2.95. The van der Waals surface area contributed by atoms with Gasteiger partial charge in [-0.2, -0.15) is 5.10 Å². The Morgan fingerprint density at radius 3 is 2.41 bits per heavy atom. The fourth-order valence-corrected chi connectivity index (χ4v) is 4.80. The third kappa shape index (κ3) is 5.54. The normalized spacial score (nSPS) is 11.7. The molecule has 0 saturated carbocycles. The molecular formula is C23H22BrN3O4S. The zero-order chi connectivity index (χ0) is 23.1. The Morgan fingerprint density at radius 1 is 1.03 bits per heavy atom. The van der Waals surface area contributed by atoms with Crippen LogP contribution >= 0.6 is 15.9 Å². The lowest BCUT2D eigenvalue weighted by atomic mass is 10.1. The van der Waals surface area contributed by atoms with Gasteiger partial charge in [0.1, 0.15) is 12.3 Å². The molecule has 0 aromatic heterocycles. The van der Waals surface area contributed by atoms with Crippen molar-refractivity contribution in [3.8, 4) is 5.75 Å². The van der Waals surface area contributed by atoms with Crippen molar-refractivity contribution >= 4 is 43.3 Å². The quantitative estimate of drug-likeness (QED) is 0.359. The Bertz CT molecular complexity index is 1230. The number of hydrogen-bond donors (Lipinski definition) is 1. The molecule has 7 nitrogen and oxygen atoms in total. The van der Waals surface area contributed by atoms with E-state index in [1.807, 2.05) is 24.3 Å². The molecule has 0 aliphatic rings. The van der Waals surface area contributed by atoms with Gasteiger partial charge in [0.2, 0.25) is 0 Å². The van der Waals surface area contributed by atoms with E-state index in [2.05, 4.69) is 26.5 Å². The van der Waals surface area contributed by atoms with Gasteiger partial charge >= 0.3 is 0 Å². The largest absolute Gasteiger partial charge is 0.495 e. The zero-order valence-corrected chi connectivity index (χ0v) is 19.9. The number of benzene rings is 3. The Labute approximate surface area is 195 Å². The van der Waals surface area contributed by atoms with Crippen LogP contribution in [-0.2, 0) is 14.8 Å². The van der Waals surface area contributed by atoms with E-state index in [-0.39, 0.29) is 10.6 Å². The second kappa shape index (κ2) is 10.4. The summed E-state index contributed by atoms with van der Waals surface area (Å²) >= 11 is 3.40. The number of nitrogens with one attached hydrogen (secondary N) is 1. The van der Waals surface area contributed by atoms with Crippen molar-refractivity contribution in [2.24, 2.45) is 5.10 Å². The van der Waals surface area contributed by atoms with Gasteiger partial charge in [0.15, 0.2) is 0 Å². The van der Waals surface area contributed by atoms with Crippen LogP contribution in [0.3, 0.4) is 0 Å². The standard InChI is InChI=1S/C23H22BrN3O4S/c1-17(18-9-8-10-19(24)15-18)25-26-23(28)16-27(21-13-6-7-14-22(21)31-2)32(29,30)20-11-4-3-5-12-20/h3-15H,16H2,1-2H3,(H,26,28)/b25-17-. The molecule has 0 bridgehead atoms. The molecule has 0 radical (unpaired) electrons. The van der Waals surface area contributed by atoms with Crippen LogP contribution in [0.2, 0.25) is 0 Å². The van der Waals surface area contributed by atoms with Crippen molar-refractivity contribution in [2.45, 2.75) is 11.8 Å². The van der Waals surface area contributed by atoms with Crippen LogP contribution in [0.25, 0.3) is 0 Å². The summed E-state index contributed by atoms with van der Waals surface area (Å²) in [5, 5.41) is 4.12. The Hall–Kier alpha value is -3.17. The number of para-hydroxylation sites is 2. The number of halogens is 1. The summed E-state index contributed by atoms with van der Waals surface area (Å²) in [5.41, 5.74) is 4.10. The number of anilines is 1. The molecule has 1 amide bonds. The Morgan fingerprint density at radius 2 is 1.72 bits per heavy atom. The molecule has 32 heavy (non-hydrogen) atoms. The molecule has 3 rings (SSSR count). The van der Waals surface area contributed by atoms with E-state index in [4.69, 9.17) is 4.74 Å². The van der Waals surface area contributed by atoms with Gasteiger partial charge in [-0.3, -0.25) is 9.10 Å². The van der Waals surface area contributed by atoms with Gasteiger partial charge in [-0.1, -0.05) is 58.4 Å². The number of methoxy groups -OCH3 is 1. The molecule has 9 heteroatoms. The van der Waals surface area contributed by atoms with Crippen molar-refractivity contribution in [3.05, 3.63) is 88.9 Å². The van der Waals surface area contributed by atoms with Crippen molar-refractivity contribution < 1.29 is 17.9 Å². The predicted molar refractivity (Wildman–Crippen MR) is 128 cm³/mol. The van der Waals surface area contributed by atoms with Gasteiger partial charge in [-0.15, -0.1) is 0 Å². The second-order valence-corrected chi connectivity index (χ2v) is 9.52. The van der Waals surface area contributed by atoms with Gasteiger partial charge in [0.25, 0.3) is 15.9 Å². The van der Waals surface area contributed by atoms with E-state index in [0.717, 1.165) is 14.3 Å². The first-order chi connectivity index (χ1) is 15.3. The molecular weight excluding hydrogens is 494 g/mol. The van der Waals surface area contributed by atoms with Crippen molar-refractivity contribution in [1.82, 2.24) is 5.43 Å². The highest BCUT2D eigenvalue weighted by molar-refractivity contribution is 9.10. The number of carbonyl (C=O) groups excluding carboxylic acids is 1. The van der Waals surface area contributed by atoms with E-state index in [9.17, 15) is 13.2 Å². The monoisotopic (exact) mass is 515 g/mol. The summed E-state index contributed by atoms with van der Waals surface area (Å²) in [6, 6.07) is 22.0. The maximum absolute atomic E-state index is 13.4. The Balaban J connectivity index is 1.91. The number of nitrogens with zero attached hydrogens (tertiary/aromatic N) is 2. The summed E-state index contributed by atoms with van der Waals surface area (Å²) < 4.78 is 34.0. The summed E-state index contributed by atoms with van der Waals surface area (Å²) in [5.74, 6) is -0.265. The highest BCUT2D eigenvalue weighted by atomic mass is 79.9. The minimum Gasteiger partial charge on any atom is -0.495 e. The molecule has 0 fully saturated rings. The lowest BCUT2D eigenvalue weighted by molar-refractivity contribution is -0.119. The van der Waals surface area contributed by atoms with E-state index in [1.54, 1.807) is 49.4 Å². The van der Waals surface area contributed by atoms with E-state index < -0.39 is 22.5 Å². The van der Waals surface area contributed by atoms with Crippen LogP contribution in [0, 0.1) is 0 Å². The molecule has 166 valence electrons. The summed E-state index contributed by atoms with van der Waals surface area (Å²) in [6.07, 6.45) is 0. The van der Waals surface area contributed by atoms with E-state index in [1.165, 1.54) is 19.2 Å². The van der Waals surface area contributed by atoms with Crippen molar-refractivity contribution in [3.63, 3.8) is 0 Å². The summed E-state index contributed by atoms with van der Waals surface area (Å²) in [6.45, 7) is 1.27. The summed E-state index contributed by atoms with van der Waals surface area (Å²) in [7, 11) is -2.60. The minimum absolute atomic E-state index is 0.0625. The lowest BCUT2D eigenvalue weighted by Gasteiger charge is -2.25. The van der Waals surface area contributed by atoms with Gasteiger partial charge in [-0.05, 0) is 48.9 Å². The van der Waals surface area contributed by atoms with Gasteiger partial charge in [0.05, 0.1) is 23.4 Å². The average molecular weight is 516 g/mol. The van der Waals surface area contributed by atoms with Crippen molar-refractivity contribution in [1.29, 1.82) is 0 Å². The number of hydrazone groups is 1. The number of carbonyl (C=O) groups is 1. The second-order valence-electron chi connectivity index (χ2n) is 6.74. The zero-order valence-electron chi connectivity index (χ0n) is 17.5. The number of ether oxygens (including phenoxy) is 1. The number of amides is 1. The van der Waals surface area contributed by atoms with Crippen LogP contribution in [0.15, 0.2) is 93.3 Å². The SMILES string of the molecule is COc1ccccc1N(CC(=O)N/N=C(/C)c1cccc(Br)c1)S(=O)(=O)c1ccccc1. The first-order valence-electron chi connectivity index (χ1n) is 9.63. The van der Waals surface area contributed by atoms with Crippen LogP contribution in [0.5, 0.6) is 5.75 Å². The highest BCUT2D eigenvalue weighted by Gasteiger charge is 2.29. The number of rotatable bonds is 8. The first-order valence-corrected chi connectivity index (χ1v) is 11.9. The predicted octanol–water partition coefficient (Wildman–Crippen LogP) is 4.19. The first kappa shape index (κ1) is 23.5. The summed E-state index contributed by atoms with van der Waals surface area (Å²) in [4.78, 5) is 12.8. The molecule has 1 N–H and O–H groups in total. The van der Waals surface area contributed by atoms with Crippen LogP contribution in [-0.4, -0.2) is 33.7 Å². The Kier molecular flexibility index (Phi) is 7.66. The number of hydrogen-bond acceptors (Lipinski definition) is 5. The van der Waals surface area contributed by atoms with E-state index >= 15 is 0 Å². The van der Waals surface area contributed by atoms with Gasteiger partial charge in [0, 0.05) is 4.47 Å². The maximum atomic E-state index is 13.4. The lowest BCUT2D eigenvalue weighted by Crippen LogP contribution is -2.40. The minimum atomic E-state index is -4.04. The third-order valence-electron chi connectivity index (χ3n) is 4.56. The average Bonchev–Trinajstić information content (AvgIpc) is 2.81. The molecule has 0 unspecified atom stereocenters. The third-order valence-corrected chi connectivity index (χ3v) is 6.83. The van der Waals surface area contributed by atoms with E-state index in [0.29, 0.717) is 11.5 Å². The van der Waals surface area contributed by atoms with Crippen molar-refractivity contribution in [2.75, 3.05) is 18.0 Å². The molecule has 3 aromatic rings. The maximum Gasteiger partial charge on any atom is 0.264 e. The highest BCUT2D eigenvalue weighted by Crippen LogP contribution is 2.32. The smallest absolute Gasteiger partial charge is 0.264 e. The molecule has 0 saturated heterocycles.